The van der Waals surface area contributed by atoms with Crippen molar-refractivity contribution in [3.8, 4) is 0 Å². The van der Waals surface area contributed by atoms with Gasteiger partial charge in [0, 0.05) is 19.6 Å². The minimum atomic E-state index is -3.40. The van der Waals surface area contributed by atoms with E-state index in [1.165, 1.54) is 0 Å². The minimum absolute atomic E-state index is 0.0246. The third kappa shape index (κ3) is 4.18. The highest BCUT2D eigenvalue weighted by Crippen LogP contribution is 2.19. The number of nitrogens with zero attached hydrogens (tertiary/aromatic N) is 1. The number of para-hydroxylation sites is 1. The molecule has 21 heavy (non-hydrogen) atoms. The molecule has 1 amide bonds. The van der Waals surface area contributed by atoms with Crippen molar-refractivity contribution < 1.29 is 13.2 Å². The van der Waals surface area contributed by atoms with Crippen LogP contribution in [0.1, 0.15) is 23.7 Å². The molecule has 1 saturated heterocycles. The summed E-state index contributed by atoms with van der Waals surface area (Å²) in [5.74, 6) is -0.156. The maximum absolute atomic E-state index is 12.6. The van der Waals surface area contributed by atoms with E-state index >= 15 is 0 Å². The molecule has 0 saturated carbocycles. The van der Waals surface area contributed by atoms with Gasteiger partial charge in [0.2, 0.25) is 10.0 Å². The van der Waals surface area contributed by atoms with Gasteiger partial charge in [0.1, 0.15) is 0 Å². The van der Waals surface area contributed by atoms with Gasteiger partial charge >= 0.3 is 0 Å². The Balaban J connectivity index is 2.24. The van der Waals surface area contributed by atoms with Crippen molar-refractivity contribution in [3.63, 3.8) is 0 Å². The van der Waals surface area contributed by atoms with Crippen LogP contribution in [0.5, 0.6) is 0 Å². The molecule has 2 N–H and O–H groups in total. The Morgan fingerprint density at radius 3 is 2.81 bits per heavy atom. The fourth-order valence-corrected chi connectivity index (χ4v) is 2.87. The van der Waals surface area contributed by atoms with Gasteiger partial charge in [0.15, 0.2) is 0 Å². The molecule has 2 rings (SSSR count). The normalized spacial score (nSPS) is 16.3. The summed E-state index contributed by atoms with van der Waals surface area (Å²) in [5.41, 5.74) is 0.748. The van der Waals surface area contributed by atoms with Gasteiger partial charge in [0.05, 0.1) is 17.0 Å². The van der Waals surface area contributed by atoms with E-state index in [-0.39, 0.29) is 11.7 Å². The van der Waals surface area contributed by atoms with E-state index in [0.717, 1.165) is 19.5 Å². The SMILES string of the molecule is CCS(=O)(=O)Nc1ccccc1C(=O)N1CCCNCC1. The van der Waals surface area contributed by atoms with Gasteiger partial charge in [-0.25, -0.2) is 8.42 Å². The van der Waals surface area contributed by atoms with Gasteiger partial charge < -0.3 is 10.2 Å². The molecule has 116 valence electrons. The fraction of sp³-hybridized carbons (Fsp3) is 0.500. The average molecular weight is 311 g/mol. The summed E-state index contributed by atoms with van der Waals surface area (Å²) >= 11 is 0. The number of benzene rings is 1. The topological polar surface area (TPSA) is 78.5 Å². The van der Waals surface area contributed by atoms with Crippen LogP contribution in [-0.4, -0.2) is 51.2 Å². The first-order chi connectivity index (χ1) is 10.0. The maximum atomic E-state index is 12.6. The number of hydrogen-bond donors (Lipinski definition) is 2. The van der Waals surface area contributed by atoms with E-state index in [0.29, 0.717) is 24.3 Å². The molecule has 1 fully saturated rings. The Hall–Kier alpha value is -1.60. The van der Waals surface area contributed by atoms with Crippen LogP contribution in [0, 0.1) is 0 Å². The highest BCUT2D eigenvalue weighted by atomic mass is 32.2. The van der Waals surface area contributed by atoms with Gasteiger partial charge in [-0.05, 0) is 32.0 Å². The monoisotopic (exact) mass is 311 g/mol. The lowest BCUT2D eigenvalue weighted by atomic mass is 10.1. The summed E-state index contributed by atoms with van der Waals surface area (Å²) in [5, 5.41) is 3.24. The Kier molecular flexibility index (Phi) is 5.19. The molecule has 0 spiro atoms. The number of sulfonamides is 1. The van der Waals surface area contributed by atoms with E-state index in [1.54, 1.807) is 36.1 Å². The van der Waals surface area contributed by atoms with Crippen LogP contribution in [0.4, 0.5) is 5.69 Å². The van der Waals surface area contributed by atoms with Crippen LogP contribution in [0.25, 0.3) is 0 Å². The lowest BCUT2D eigenvalue weighted by Crippen LogP contribution is -2.34. The molecule has 1 aromatic carbocycles. The van der Waals surface area contributed by atoms with Gasteiger partial charge in [-0.3, -0.25) is 9.52 Å². The number of anilines is 1. The van der Waals surface area contributed by atoms with Gasteiger partial charge in [-0.1, -0.05) is 12.1 Å². The molecular formula is C14H21N3O3S. The van der Waals surface area contributed by atoms with Gasteiger partial charge in [0.25, 0.3) is 5.91 Å². The molecule has 0 atom stereocenters. The largest absolute Gasteiger partial charge is 0.337 e. The summed E-state index contributed by atoms with van der Waals surface area (Å²) < 4.78 is 25.9. The van der Waals surface area contributed by atoms with Gasteiger partial charge in [-0.15, -0.1) is 0 Å². The molecule has 1 aliphatic rings. The van der Waals surface area contributed by atoms with Crippen LogP contribution in [-0.2, 0) is 10.0 Å². The standard InChI is InChI=1S/C14H21N3O3S/c1-2-21(19,20)16-13-7-4-3-6-12(13)14(18)17-10-5-8-15-9-11-17/h3-4,6-7,15-16H,2,5,8-11H2,1H3. The first-order valence-electron chi connectivity index (χ1n) is 7.13. The molecule has 0 aliphatic carbocycles. The second kappa shape index (κ2) is 6.91. The summed E-state index contributed by atoms with van der Waals surface area (Å²) in [4.78, 5) is 14.4. The Morgan fingerprint density at radius 2 is 2.05 bits per heavy atom. The number of carbonyl (C=O) groups is 1. The second-order valence-corrected chi connectivity index (χ2v) is 6.96. The van der Waals surface area contributed by atoms with E-state index in [4.69, 9.17) is 0 Å². The van der Waals surface area contributed by atoms with Crippen molar-refractivity contribution in [3.05, 3.63) is 29.8 Å². The highest BCUT2D eigenvalue weighted by molar-refractivity contribution is 7.92. The van der Waals surface area contributed by atoms with Crippen molar-refractivity contribution in [1.29, 1.82) is 0 Å². The van der Waals surface area contributed by atoms with Crippen LogP contribution < -0.4 is 10.0 Å². The van der Waals surface area contributed by atoms with Crippen molar-refractivity contribution in [2.24, 2.45) is 0 Å². The maximum Gasteiger partial charge on any atom is 0.256 e. The van der Waals surface area contributed by atoms with E-state index in [1.807, 2.05) is 0 Å². The average Bonchev–Trinajstić information content (AvgIpc) is 2.76. The number of amides is 1. The lowest BCUT2D eigenvalue weighted by Gasteiger charge is -2.21. The molecule has 1 aliphatic heterocycles. The van der Waals surface area contributed by atoms with Crippen LogP contribution >= 0.6 is 0 Å². The number of hydrogen-bond acceptors (Lipinski definition) is 4. The predicted octanol–water partition coefficient (Wildman–Crippen LogP) is 0.884. The Morgan fingerprint density at radius 1 is 1.29 bits per heavy atom. The Bertz CT molecular complexity index is 593. The third-order valence-corrected chi connectivity index (χ3v) is 4.72. The molecule has 0 bridgehead atoms. The zero-order valence-corrected chi connectivity index (χ0v) is 12.9. The lowest BCUT2D eigenvalue weighted by molar-refractivity contribution is 0.0767. The first-order valence-corrected chi connectivity index (χ1v) is 8.78. The zero-order chi connectivity index (χ0) is 15.3. The summed E-state index contributed by atoms with van der Waals surface area (Å²) in [7, 11) is -3.40. The summed E-state index contributed by atoms with van der Waals surface area (Å²) in [6.07, 6.45) is 0.897. The molecule has 1 aromatic rings. The van der Waals surface area contributed by atoms with Crippen molar-refractivity contribution in [2.75, 3.05) is 36.7 Å². The van der Waals surface area contributed by atoms with Crippen LogP contribution in [0.2, 0.25) is 0 Å². The number of nitrogens with one attached hydrogen (secondary N) is 2. The minimum Gasteiger partial charge on any atom is -0.337 e. The van der Waals surface area contributed by atoms with E-state index in [9.17, 15) is 13.2 Å². The first kappa shape index (κ1) is 15.8. The zero-order valence-electron chi connectivity index (χ0n) is 12.1. The van der Waals surface area contributed by atoms with E-state index in [2.05, 4.69) is 10.0 Å². The van der Waals surface area contributed by atoms with Crippen molar-refractivity contribution >= 4 is 21.6 Å². The van der Waals surface area contributed by atoms with Crippen molar-refractivity contribution in [1.82, 2.24) is 10.2 Å². The molecule has 0 aromatic heterocycles. The number of rotatable bonds is 4. The number of carbonyl (C=O) groups excluding carboxylic acids is 1. The third-order valence-electron chi connectivity index (χ3n) is 3.43. The highest BCUT2D eigenvalue weighted by Gasteiger charge is 2.21. The molecule has 0 radical (unpaired) electrons. The van der Waals surface area contributed by atoms with Crippen LogP contribution in [0.15, 0.2) is 24.3 Å². The van der Waals surface area contributed by atoms with Crippen molar-refractivity contribution in [2.45, 2.75) is 13.3 Å². The second-order valence-electron chi connectivity index (χ2n) is 4.95. The predicted molar refractivity (Wildman–Crippen MR) is 82.9 cm³/mol. The summed E-state index contributed by atoms with van der Waals surface area (Å²) in [6.45, 7) is 4.53. The van der Waals surface area contributed by atoms with Gasteiger partial charge in [-0.2, -0.15) is 0 Å². The van der Waals surface area contributed by atoms with E-state index < -0.39 is 10.0 Å². The van der Waals surface area contributed by atoms with Crippen LogP contribution in [0.3, 0.4) is 0 Å². The fourth-order valence-electron chi connectivity index (χ4n) is 2.22. The molecular weight excluding hydrogens is 290 g/mol. The molecule has 0 unspecified atom stereocenters. The molecule has 1 heterocycles. The Labute approximate surface area is 125 Å². The smallest absolute Gasteiger partial charge is 0.256 e. The quantitative estimate of drug-likeness (QED) is 0.865. The summed E-state index contributed by atoms with van der Waals surface area (Å²) in [6, 6.07) is 6.74. The molecule has 7 heteroatoms. The molecule has 6 nitrogen and oxygen atoms in total.